The summed E-state index contributed by atoms with van der Waals surface area (Å²) in [7, 11) is 0. The van der Waals surface area contributed by atoms with Crippen molar-refractivity contribution in [2.45, 2.75) is 31.9 Å². The molecule has 0 bridgehead atoms. The highest BCUT2D eigenvalue weighted by Gasteiger charge is 2.18. The third-order valence-corrected chi connectivity index (χ3v) is 4.81. The van der Waals surface area contributed by atoms with Crippen LogP contribution >= 0.6 is 0 Å². The molecule has 138 valence electrons. The summed E-state index contributed by atoms with van der Waals surface area (Å²) in [6.45, 7) is 3.45. The van der Waals surface area contributed by atoms with Gasteiger partial charge in [0.15, 0.2) is 0 Å². The highest BCUT2D eigenvalue weighted by molar-refractivity contribution is 5.77. The maximum atomic E-state index is 12.8. The Balaban J connectivity index is 1.58. The summed E-state index contributed by atoms with van der Waals surface area (Å²) in [6.07, 6.45) is 3.02. The van der Waals surface area contributed by atoms with E-state index in [-0.39, 0.29) is 18.6 Å². The normalized spacial score (nSPS) is 14.9. The molecule has 1 fully saturated rings. The molecule has 2 aromatic rings. The minimum absolute atomic E-state index is 0.0725. The molecule has 0 saturated carbocycles. The number of amides is 1. The van der Waals surface area contributed by atoms with Crippen molar-refractivity contribution in [3.63, 3.8) is 0 Å². The first-order valence-corrected chi connectivity index (χ1v) is 9.49. The van der Waals surface area contributed by atoms with Crippen LogP contribution in [0.4, 0.5) is 0 Å². The molecule has 0 atom stereocenters. The van der Waals surface area contributed by atoms with Crippen LogP contribution in [0, 0.1) is 0 Å². The third kappa shape index (κ3) is 5.97. The van der Waals surface area contributed by atoms with Crippen molar-refractivity contribution in [1.29, 1.82) is 0 Å². The average Bonchev–Trinajstić information content (AvgIpc) is 2.71. The van der Waals surface area contributed by atoms with Crippen LogP contribution in [0.15, 0.2) is 60.7 Å². The Kier molecular flexibility index (Phi) is 7.23. The number of ether oxygens (including phenoxy) is 1. The van der Waals surface area contributed by atoms with Gasteiger partial charge in [-0.25, -0.2) is 0 Å². The molecule has 26 heavy (non-hydrogen) atoms. The Morgan fingerprint density at radius 1 is 0.962 bits per heavy atom. The van der Waals surface area contributed by atoms with E-state index in [1.54, 1.807) is 0 Å². The summed E-state index contributed by atoms with van der Waals surface area (Å²) in [5.41, 5.74) is 2.40. The summed E-state index contributed by atoms with van der Waals surface area (Å²) in [6, 6.07) is 20.5. The second-order valence-corrected chi connectivity index (χ2v) is 6.80. The molecule has 4 nitrogen and oxygen atoms in total. The van der Waals surface area contributed by atoms with E-state index < -0.39 is 0 Å². The van der Waals surface area contributed by atoms with Crippen molar-refractivity contribution >= 4 is 5.91 Å². The van der Waals surface area contributed by atoms with Gasteiger partial charge in [-0.3, -0.25) is 4.79 Å². The zero-order valence-electron chi connectivity index (χ0n) is 15.3. The Labute approximate surface area is 156 Å². The molecule has 0 unspecified atom stereocenters. The van der Waals surface area contributed by atoms with Crippen LogP contribution in [0.2, 0.25) is 0 Å². The fourth-order valence-electron chi connectivity index (χ4n) is 3.25. The number of hydrogen-bond acceptors (Lipinski definition) is 3. The van der Waals surface area contributed by atoms with Gasteiger partial charge in [0, 0.05) is 13.1 Å². The highest BCUT2D eigenvalue weighted by atomic mass is 16.5. The lowest BCUT2D eigenvalue weighted by molar-refractivity contribution is -0.139. The van der Waals surface area contributed by atoms with Crippen LogP contribution in [-0.2, 0) is 22.5 Å². The zero-order valence-corrected chi connectivity index (χ0v) is 15.3. The van der Waals surface area contributed by atoms with Gasteiger partial charge in [0.05, 0.1) is 6.10 Å². The van der Waals surface area contributed by atoms with Crippen molar-refractivity contribution in [2.75, 3.05) is 26.2 Å². The van der Waals surface area contributed by atoms with Crippen LogP contribution in [0.1, 0.15) is 24.0 Å². The first-order chi connectivity index (χ1) is 12.8. The van der Waals surface area contributed by atoms with E-state index in [4.69, 9.17) is 4.74 Å². The molecule has 4 heteroatoms. The highest BCUT2D eigenvalue weighted by Crippen LogP contribution is 2.11. The van der Waals surface area contributed by atoms with Gasteiger partial charge < -0.3 is 15.0 Å². The standard InChI is InChI=1S/C22H28N2O2/c25-22(18-26-21-11-14-23-15-12-21)24(17-20-9-5-2-6-10-20)16-13-19-7-3-1-4-8-19/h1-10,21,23H,11-18H2. The number of rotatable bonds is 8. The minimum atomic E-state index is 0.0725. The number of carbonyl (C=O) groups excluding carboxylic acids is 1. The zero-order chi connectivity index (χ0) is 18.0. The SMILES string of the molecule is O=C(COC1CCNCC1)N(CCc1ccccc1)Cc1ccccc1. The molecule has 1 aliphatic rings. The van der Waals surface area contributed by atoms with E-state index in [1.165, 1.54) is 5.56 Å². The van der Waals surface area contributed by atoms with Crippen LogP contribution in [0.3, 0.4) is 0 Å². The molecule has 1 saturated heterocycles. The van der Waals surface area contributed by atoms with E-state index in [9.17, 15) is 4.79 Å². The predicted molar refractivity (Wildman–Crippen MR) is 104 cm³/mol. The smallest absolute Gasteiger partial charge is 0.248 e. The quantitative estimate of drug-likeness (QED) is 0.794. The molecule has 0 aromatic heterocycles. The fraction of sp³-hybridized carbons (Fsp3) is 0.409. The van der Waals surface area contributed by atoms with Gasteiger partial charge in [0.25, 0.3) is 0 Å². The van der Waals surface area contributed by atoms with Gasteiger partial charge in [-0.15, -0.1) is 0 Å². The van der Waals surface area contributed by atoms with E-state index in [0.717, 1.165) is 37.9 Å². The Bertz CT molecular complexity index is 654. The maximum absolute atomic E-state index is 12.8. The summed E-state index contributed by atoms with van der Waals surface area (Å²) >= 11 is 0. The predicted octanol–water partition coefficient (Wildman–Crippen LogP) is 3.03. The topological polar surface area (TPSA) is 41.6 Å². The summed E-state index contributed by atoms with van der Waals surface area (Å²) < 4.78 is 5.88. The maximum Gasteiger partial charge on any atom is 0.248 e. The van der Waals surface area contributed by atoms with Crippen LogP contribution < -0.4 is 5.32 Å². The monoisotopic (exact) mass is 352 g/mol. The first-order valence-electron chi connectivity index (χ1n) is 9.49. The second-order valence-electron chi connectivity index (χ2n) is 6.80. The Hall–Kier alpha value is -2.17. The van der Waals surface area contributed by atoms with Gasteiger partial charge >= 0.3 is 0 Å². The average molecular weight is 352 g/mol. The van der Waals surface area contributed by atoms with Crippen molar-refractivity contribution in [2.24, 2.45) is 0 Å². The van der Waals surface area contributed by atoms with Gasteiger partial charge in [0.1, 0.15) is 6.61 Å². The van der Waals surface area contributed by atoms with Gasteiger partial charge in [-0.05, 0) is 43.5 Å². The molecule has 3 rings (SSSR count). The minimum Gasteiger partial charge on any atom is -0.368 e. The molecule has 1 amide bonds. The Morgan fingerprint density at radius 3 is 2.23 bits per heavy atom. The number of nitrogens with zero attached hydrogens (tertiary/aromatic N) is 1. The fourth-order valence-corrected chi connectivity index (χ4v) is 3.25. The van der Waals surface area contributed by atoms with Crippen LogP contribution in [-0.4, -0.2) is 43.2 Å². The number of benzene rings is 2. The molecular weight excluding hydrogens is 324 g/mol. The molecule has 0 spiro atoms. The van der Waals surface area contributed by atoms with Gasteiger partial charge in [-0.1, -0.05) is 60.7 Å². The van der Waals surface area contributed by atoms with Crippen LogP contribution in [0.5, 0.6) is 0 Å². The van der Waals surface area contributed by atoms with Crippen LogP contribution in [0.25, 0.3) is 0 Å². The third-order valence-electron chi connectivity index (χ3n) is 4.81. The molecule has 1 heterocycles. The summed E-state index contributed by atoms with van der Waals surface area (Å²) in [4.78, 5) is 14.7. The van der Waals surface area contributed by atoms with E-state index >= 15 is 0 Å². The summed E-state index contributed by atoms with van der Waals surface area (Å²) in [5.74, 6) is 0.0725. The van der Waals surface area contributed by atoms with Gasteiger partial charge in [0.2, 0.25) is 5.91 Å². The Morgan fingerprint density at radius 2 is 1.58 bits per heavy atom. The van der Waals surface area contributed by atoms with Crippen molar-refractivity contribution in [1.82, 2.24) is 10.2 Å². The lowest BCUT2D eigenvalue weighted by Gasteiger charge is -2.26. The second kappa shape index (κ2) is 10.1. The molecule has 1 N–H and O–H groups in total. The lowest BCUT2D eigenvalue weighted by atomic mass is 10.1. The van der Waals surface area contributed by atoms with Crippen molar-refractivity contribution < 1.29 is 9.53 Å². The number of piperidine rings is 1. The molecular formula is C22H28N2O2. The van der Waals surface area contributed by atoms with E-state index in [0.29, 0.717) is 13.1 Å². The lowest BCUT2D eigenvalue weighted by Crippen LogP contribution is -2.38. The number of hydrogen-bond donors (Lipinski definition) is 1. The van der Waals surface area contributed by atoms with Crippen molar-refractivity contribution in [3.05, 3.63) is 71.8 Å². The summed E-state index contributed by atoms with van der Waals surface area (Å²) in [5, 5.41) is 3.32. The first kappa shape index (κ1) is 18.6. The van der Waals surface area contributed by atoms with E-state index in [1.807, 2.05) is 41.3 Å². The molecule has 0 aliphatic carbocycles. The van der Waals surface area contributed by atoms with Crippen molar-refractivity contribution in [3.8, 4) is 0 Å². The number of carbonyl (C=O) groups is 1. The molecule has 2 aromatic carbocycles. The molecule has 1 aliphatic heterocycles. The van der Waals surface area contributed by atoms with Gasteiger partial charge in [-0.2, -0.15) is 0 Å². The largest absolute Gasteiger partial charge is 0.368 e. The number of nitrogens with one attached hydrogen (secondary N) is 1. The molecule has 0 radical (unpaired) electrons. The van der Waals surface area contributed by atoms with E-state index in [2.05, 4.69) is 29.6 Å².